The first-order valence-electron chi connectivity index (χ1n) is 6.90. The SMILES string of the molecule is C=CCOc1c(CC=C)c(N)c(CC=C)c(N)c1CC=C. The summed E-state index contributed by atoms with van der Waals surface area (Å²) in [5.41, 5.74) is 16.6. The molecule has 4 N–H and O–H groups in total. The zero-order chi connectivity index (χ0) is 15.8. The van der Waals surface area contributed by atoms with Gasteiger partial charge in [-0.15, -0.1) is 19.7 Å². The Morgan fingerprint density at radius 1 is 0.714 bits per heavy atom. The minimum absolute atomic E-state index is 0.397. The maximum atomic E-state index is 6.29. The molecule has 0 saturated heterocycles. The predicted octanol–water partition coefficient (Wildman–Crippen LogP) is 3.60. The van der Waals surface area contributed by atoms with Gasteiger partial charge in [0.1, 0.15) is 12.4 Å². The average molecular weight is 284 g/mol. The van der Waals surface area contributed by atoms with E-state index in [1.54, 1.807) is 24.3 Å². The van der Waals surface area contributed by atoms with Gasteiger partial charge in [-0.1, -0.05) is 30.9 Å². The second-order valence-electron chi connectivity index (χ2n) is 4.67. The van der Waals surface area contributed by atoms with Crippen LogP contribution in [-0.2, 0) is 19.3 Å². The molecule has 0 fully saturated rings. The number of rotatable bonds is 9. The minimum atomic E-state index is 0.397. The molecule has 0 amide bonds. The number of ether oxygens (including phenoxy) is 1. The van der Waals surface area contributed by atoms with Crippen molar-refractivity contribution in [2.75, 3.05) is 18.1 Å². The van der Waals surface area contributed by atoms with Crippen LogP contribution in [0, 0.1) is 0 Å². The van der Waals surface area contributed by atoms with E-state index in [9.17, 15) is 0 Å². The molecule has 0 radical (unpaired) electrons. The predicted molar refractivity (Wildman–Crippen MR) is 92.7 cm³/mol. The Morgan fingerprint density at radius 3 is 1.52 bits per heavy atom. The standard InChI is InChI=1S/C18H24N2O/c1-5-9-13-16(19)14(10-6-2)18(21-12-8-4)15(11-7-3)17(13)20/h5-8H,1-4,9-12,19-20H2. The molecule has 3 heteroatoms. The van der Waals surface area contributed by atoms with Gasteiger partial charge in [0.2, 0.25) is 0 Å². The highest BCUT2D eigenvalue weighted by molar-refractivity contribution is 5.75. The first-order chi connectivity index (χ1) is 10.1. The van der Waals surface area contributed by atoms with Crippen molar-refractivity contribution in [2.24, 2.45) is 0 Å². The quantitative estimate of drug-likeness (QED) is 0.538. The van der Waals surface area contributed by atoms with Crippen molar-refractivity contribution in [2.45, 2.75) is 19.3 Å². The van der Waals surface area contributed by atoms with Gasteiger partial charge in [0.25, 0.3) is 0 Å². The molecule has 0 aliphatic rings. The summed E-state index contributed by atoms with van der Waals surface area (Å²) in [4.78, 5) is 0. The summed E-state index contributed by atoms with van der Waals surface area (Å²) in [5, 5.41) is 0. The topological polar surface area (TPSA) is 61.3 Å². The molecule has 112 valence electrons. The largest absolute Gasteiger partial charge is 0.489 e. The van der Waals surface area contributed by atoms with Crippen LogP contribution in [0.1, 0.15) is 16.7 Å². The monoisotopic (exact) mass is 284 g/mol. The van der Waals surface area contributed by atoms with Crippen molar-refractivity contribution in [3.05, 3.63) is 67.3 Å². The van der Waals surface area contributed by atoms with Crippen LogP contribution >= 0.6 is 0 Å². The van der Waals surface area contributed by atoms with Crippen LogP contribution in [0.15, 0.2) is 50.6 Å². The fraction of sp³-hybridized carbons (Fsp3) is 0.222. The van der Waals surface area contributed by atoms with E-state index in [0.717, 1.165) is 22.4 Å². The van der Waals surface area contributed by atoms with Crippen molar-refractivity contribution in [3.63, 3.8) is 0 Å². The van der Waals surface area contributed by atoms with Crippen molar-refractivity contribution in [1.82, 2.24) is 0 Å². The molecule has 0 aliphatic heterocycles. The number of anilines is 2. The Labute approximate surface area is 127 Å². The number of benzene rings is 1. The highest BCUT2D eigenvalue weighted by Crippen LogP contribution is 2.39. The van der Waals surface area contributed by atoms with E-state index in [2.05, 4.69) is 26.3 Å². The Balaban J connectivity index is 3.61. The molecular weight excluding hydrogens is 260 g/mol. The fourth-order valence-corrected chi connectivity index (χ4v) is 2.31. The summed E-state index contributed by atoms with van der Waals surface area (Å²) < 4.78 is 5.82. The molecule has 0 spiro atoms. The Bertz CT molecular complexity index is 522. The van der Waals surface area contributed by atoms with Crippen LogP contribution in [0.2, 0.25) is 0 Å². The molecule has 1 aromatic rings. The van der Waals surface area contributed by atoms with E-state index in [0.29, 0.717) is 37.2 Å². The molecule has 0 atom stereocenters. The number of hydrogen-bond donors (Lipinski definition) is 2. The number of nitrogens with two attached hydrogens (primary N) is 2. The van der Waals surface area contributed by atoms with Gasteiger partial charge >= 0.3 is 0 Å². The van der Waals surface area contributed by atoms with Crippen molar-refractivity contribution < 1.29 is 4.74 Å². The summed E-state index contributed by atoms with van der Waals surface area (Å²) in [7, 11) is 0. The van der Waals surface area contributed by atoms with Gasteiger partial charge in [-0.05, 0) is 19.3 Å². The summed E-state index contributed by atoms with van der Waals surface area (Å²) >= 11 is 0. The van der Waals surface area contributed by atoms with Crippen LogP contribution in [0.25, 0.3) is 0 Å². The summed E-state index contributed by atoms with van der Waals surface area (Å²) in [6, 6.07) is 0. The van der Waals surface area contributed by atoms with Crippen molar-refractivity contribution in [3.8, 4) is 5.75 Å². The Hall–Kier alpha value is -2.42. The molecule has 21 heavy (non-hydrogen) atoms. The second kappa shape index (κ2) is 8.00. The van der Waals surface area contributed by atoms with E-state index < -0.39 is 0 Å². The van der Waals surface area contributed by atoms with E-state index in [1.807, 2.05) is 0 Å². The third-order valence-electron chi connectivity index (χ3n) is 3.24. The normalized spacial score (nSPS) is 9.90. The van der Waals surface area contributed by atoms with Gasteiger partial charge in [-0.3, -0.25) is 0 Å². The highest BCUT2D eigenvalue weighted by atomic mass is 16.5. The first kappa shape index (κ1) is 16.6. The molecule has 0 bridgehead atoms. The lowest BCUT2D eigenvalue weighted by atomic mass is 9.93. The lowest BCUT2D eigenvalue weighted by Crippen LogP contribution is -2.11. The Morgan fingerprint density at radius 2 is 1.14 bits per heavy atom. The van der Waals surface area contributed by atoms with Crippen molar-refractivity contribution in [1.29, 1.82) is 0 Å². The molecule has 1 rings (SSSR count). The number of hydrogen-bond acceptors (Lipinski definition) is 3. The number of allylic oxidation sites excluding steroid dienone is 3. The molecular formula is C18H24N2O. The Kier molecular flexibility index (Phi) is 6.34. The van der Waals surface area contributed by atoms with Gasteiger partial charge in [0.05, 0.1) is 0 Å². The summed E-state index contributed by atoms with van der Waals surface area (Å²) in [6.45, 7) is 15.4. The lowest BCUT2D eigenvalue weighted by molar-refractivity contribution is 0.357. The maximum Gasteiger partial charge on any atom is 0.130 e. The zero-order valence-electron chi connectivity index (χ0n) is 12.5. The fourth-order valence-electron chi connectivity index (χ4n) is 2.31. The van der Waals surface area contributed by atoms with Crippen LogP contribution in [-0.4, -0.2) is 6.61 Å². The second-order valence-corrected chi connectivity index (χ2v) is 4.67. The van der Waals surface area contributed by atoms with Crippen LogP contribution in [0.5, 0.6) is 5.75 Å². The maximum absolute atomic E-state index is 6.29. The molecule has 0 aromatic heterocycles. The van der Waals surface area contributed by atoms with Crippen molar-refractivity contribution >= 4 is 11.4 Å². The average Bonchev–Trinajstić information content (AvgIpc) is 2.48. The van der Waals surface area contributed by atoms with Gasteiger partial charge in [-0.2, -0.15) is 0 Å². The lowest BCUT2D eigenvalue weighted by Gasteiger charge is -2.21. The molecule has 1 aromatic carbocycles. The molecule has 0 saturated carbocycles. The van der Waals surface area contributed by atoms with E-state index in [4.69, 9.17) is 16.2 Å². The van der Waals surface area contributed by atoms with Gasteiger partial charge in [0, 0.05) is 28.1 Å². The summed E-state index contributed by atoms with van der Waals surface area (Å²) in [5.74, 6) is 0.720. The highest BCUT2D eigenvalue weighted by Gasteiger charge is 2.20. The smallest absolute Gasteiger partial charge is 0.130 e. The molecule has 0 heterocycles. The van der Waals surface area contributed by atoms with Gasteiger partial charge in [-0.25, -0.2) is 0 Å². The van der Waals surface area contributed by atoms with Crippen LogP contribution < -0.4 is 16.2 Å². The van der Waals surface area contributed by atoms with Gasteiger partial charge < -0.3 is 16.2 Å². The first-order valence-corrected chi connectivity index (χ1v) is 6.90. The molecule has 0 aliphatic carbocycles. The van der Waals surface area contributed by atoms with Gasteiger partial charge in [0.15, 0.2) is 0 Å². The van der Waals surface area contributed by atoms with E-state index >= 15 is 0 Å². The number of nitrogen functional groups attached to an aromatic ring is 2. The van der Waals surface area contributed by atoms with E-state index in [1.165, 1.54) is 0 Å². The van der Waals surface area contributed by atoms with Crippen LogP contribution in [0.4, 0.5) is 11.4 Å². The third kappa shape index (κ3) is 3.57. The molecule has 0 unspecified atom stereocenters. The summed E-state index contributed by atoms with van der Waals surface area (Å²) in [6.07, 6.45) is 8.95. The van der Waals surface area contributed by atoms with Crippen LogP contribution in [0.3, 0.4) is 0 Å². The minimum Gasteiger partial charge on any atom is -0.489 e. The van der Waals surface area contributed by atoms with E-state index in [-0.39, 0.29) is 0 Å². The molecule has 3 nitrogen and oxygen atoms in total. The zero-order valence-corrected chi connectivity index (χ0v) is 12.5. The third-order valence-corrected chi connectivity index (χ3v) is 3.24.